The molecule has 0 bridgehead atoms. The fraction of sp³-hybridized carbons (Fsp3) is 0.333. The van der Waals surface area contributed by atoms with Gasteiger partial charge in [0.25, 0.3) is 5.91 Å². The van der Waals surface area contributed by atoms with Crippen LogP contribution < -0.4 is 10.6 Å². The molecule has 86 valence electrons. The smallest absolute Gasteiger partial charge is 0.269 e. The molecule has 0 unspecified atom stereocenters. The predicted molar refractivity (Wildman–Crippen MR) is 65.5 cm³/mol. The molecule has 0 aliphatic carbocycles. The highest BCUT2D eigenvalue weighted by Crippen LogP contribution is 2.07. The number of nitrogens with zero attached hydrogens (tertiary/aromatic N) is 1. The molecule has 1 rings (SSSR count). The van der Waals surface area contributed by atoms with E-state index in [1.165, 1.54) is 0 Å². The zero-order valence-electron chi connectivity index (χ0n) is 9.49. The molecule has 0 aliphatic rings. The van der Waals surface area contributed by atoms with Crippen molar-refractivity contribution >= 4 is 11.6 Å². The SMILES string of the molecule is C=CCNc1ccnc(C(=O)NCCC)c1. The van der Waals surface area contributed by atoms with Crippen LogP contribution in [0.5, 0.6) is 0 Å². The first-order valence-corrected chi connectivity index (χ1v) is 5.37. The second-order valence-electron chi connectivity index (χ2n) is 3.36. The van der Waals surface area contributed by atoms with E-state index in [1.54, 1.807) is 18.3 Å². The molecule has 0 fully saturated rings. The van der Waals surface area contributed by atoms with Crippen molar-refractivity contribution in [3.63, 3.8) is 0 Å². The maximum atomic E-state index is 11.6. The van der Waals surface area contributed by atoms with Crippen LogP contribution in [0.25, 0.3) is 0 Å². The van der Waals surface area contributed by atoms with Crippen LogP contribution in [0.15, 0.2) is 31.0 Å². The van der Waals surface area contributed by atoms with Crippen LogP contribution in [-0.2, 0) is 0 Å². The minimum absolute atomic E-state index is 0.135. The van der Waals surface area contributed by atoms with Gasteiger partial charge in [-0.05, 0) is 18.6 Å². The van der Waals surface area contributed by atoms with Crippen molar-refractivity contribution in [2.24, 2.45) is 0 Å². The Hall–Kier alpha value is -1.84. The van der Waals surface area contributed by atoms with E-state index < -0.39 is 0 Å². The lowest BCUT2D eigenvalue weighted by atomic mass is 10.3. The predicted octanol–water partition coefficient (Wildman–Crippen LogP) is 1.82. The van der Waals surface area contributed by atoms with Crippen molar-refractivity contribution in [1.29, 1.82) is 0 Å². The van der Waals surface area contributed by atoms with Crippen molar-refractivity contribution in [3.8, 4) is 0 Å². The lowest BCUT2D eigenvalue weighted by molar-refractivity contribution is 0.0949. The first kappa shape index (κ1) is 12.2. The van der Waals surface area contributed by atoms with Gasteiger partial charge in [-0.2, -0.15) is 0 Å². The molecule has 0 radical (unpaired) electrons. The molecule has 0 aromatic carbocycles. The third kappa shape index (κ3) is 3.73. The van der Waals surface area contributed by atoms with E-state index in [-0.39, 0.29) is 5.91 Å². The van der Waals surface area contributed by atoms with Gasteiger partial charge in [-0.1, -0.05) is 13.0 Å². The topological polar surface area (TPSA) is 54.0 Å². The van der Waals surface area contributed by atoms with Gasteiger partial charge < -0.3 is 10.6 Å². The van der Waals surface area contributed by atoms with E-state index in [1.807, 2.05) is 13.0 Å². The Labute approximate surface area is 95.8 Å². The van der Waals surface area contributed by atoms with Gasteiger partial charge in [0, 0.05) is 25.0 Å². The van der Waals surface area contributed by atoms with Gasteiger partial charge in [0.1, 0.15) is 5.69 Å². The Bertz CT molecular complexity index is 363. The van der Waals surface area contributed by atoms with Crippen LogP contribution in [0.1, 0.15) is 23.8 Å². The highest BCUT2D eigenvalue weighted by molar-refractivity contribution is 5.93. The molecule has 4 nitrogen and oxygen atoms in total. The van der Waals surface area contributed by atoms with E-state index in [0.29, 0.717) is 18.8 Å². The lowest BCUT2D eigenvalue weighted by Gasteiger charge is -2.06. The summed E-state index contributed by atoms with van der Waals surface area (Å²) in [4.78, 5) is 15.6. The monoisotopic (exact) mass is 219 g/mol. The number of hydrogen-bond donors (Lipinski definition) is 2. The molecule has 1 heterocycles. The summed E-state index contributed by atoms with van der Waals surface area (Å²) in [5, 5.41) is 5.89. The second-order valence-corrected chi connectivity index (χ2v) is 3.36. The van der Waals surface area contributed by atoms with Crippen molar-refractivity contribution in [1.82, 2.24) is 10.3 Å². The standard InChI is InChI=1S/C12H17N3O/c1-3-6-13-10-5-8-14-11(9-10)12(16)15-7-4-2/h3,5,8-9H,1,4,6-7H2,2H3,(H,13,14)(H,15,16). The zero-order valence-corrected chi connectivity index (χ0v) is 9.49. The largest absolute Gasteiger partial charge is 0.381 e. The first-order chi connectivity index (χ1) is 7.77. The van der Waals surface area contributed by atoms with Crippen LogP contribution in [0, 0.1) is 0 Å². The van der Waals surface area contributed by atoms with Gasteiger partial charge in [-0.15, -0.1) is 6.58 Å². The number of carbonyl (C=O) groups is 1. The molecule has 0 atom stereocenters. The number of aromatic nitrogens is 1. The maximum absolute atomic E-state index is 11.6. The van der Waals surface area contributed by atoms with E-state index in [0.717, 1.165) is 12.1 Å². The number of pyridine rings is 1. The maximum Gasteiger partial charge on any atom is 0.269 e. The Balaban J connectivity index is 2.65. The average molecular weight is 219 g/mol. The Morgan fingerprint density at radius 3 is 3.12 bits per heavy atom. The number of anilines is 1. The normalized spacial score (nSPS) is 9.56. The fourth-order valence-corrected chi connectivity index (χ4v) is 1.18. The minimum Gasteiger partial charge on any atom is -0.381 e. The molecule has 2 N–H and O–H groups in total. The molecule has 0 saturated carbocycles. The van der Waals surface area contributed by atoms with Crippen LogP contribution >= 0.6 is 0 Å². The van der Waals surface area contributed by atoms with Gasteiger partial charge >= 0.3 is 0 Å². The molecule has 0 saturated heterocycles. The van der Waals surface area contributed by atoms with E-state index >= 15 is 0 Å². The second kappa shape index (κ2) is 6.61. The average Bonchev–Trinajstić information content (AvgIpc) is 2.33. The van der Waals surface area contributed by atoms with Gasteiger partial charge in [-0.3, -0.25) is 9.78 Å². The van der Waals surface area contributed by atoms with Gasteiger partial charge in [0.2, 0.25) is 0 Å². The van der Waals surface area contributed by atoms with E-state index in [9.17, 15) is 4.79 Å². The number of nitrogens with one attached hydrogen (secondary N) is 2. The summed E-state index contributed by atoms with van der Waals surface area (Å²) < 4.78 is 0. The number of hydrogen-bond acceptors (Lipinski definition) is 3. The third-order valence-corrected chi connectivity index (χ3v) is 1.98. The summed E-state index contributed by atoms with van der Waals surface area (Å²) in [5.74, 6) is -0.135. The summed E-state index contributed by atoms with van der Waals surface area (Å²) in [6, 6.07) is 3.55. The van der Waals surface area contributed by atoms with Crippen LogP contribution in [-0.4, -0.2) is 24.0 Å². The fourth-order valence-electron chi connectivity index (χ4n) is 1.18. The van der Waals surface area contributed by atoms with Gasteiger partial charge in [0.15, 0.2) is 0 Å². The Kier molecular flexibility index (Phi) is 5.05. The molecule has 0 aliphatic heterocycles. The Morgan fingerprint density at radius 1 is 1.62 bits per heavy atom. The van der Waals surface area contributed by atoms with Crippen LogP contribution in [0.3, 0.4) is 0 Å². The van der Waals surface area contributed by atoms with E-state index in [2.05, 4.69) is 22.2 Å². The van der Waals surface area contributed by atoms with Crippen molar-refractivity contribution in [3.05, 3.63) is 36.7 Å². The zero-order chi connectivity index (χ0) is 11.8. The molecule has 1 aromatic rings. The summed E-state index contributed by atoms with van der Waals surface area (Å²) in [5.41, 5.74) is 1.30. The first-order valence-electron chi connectivity index (χ1n) is 5.37. The molecular formula is C12H17N3O. The number of amides is 1. The van der Waals surface area contributed by atoms with Crippen molar-refractivity contribution in [2.45, 2.75) is 13.3 Å². The minimum atomic E-state index is -0.135. The summed E-state index contributed by atoms with van der Waals surface area (Å²) >= 11 is 0. The molecule has 0 spiro atoms. The lowest BCUT2D eigenvalue weighted by Crippen LogP contribution is -2.24. The molecule has 1 aromatic heterocycles. The molecule has 1 amide bonds. The molecule has 16 heavy (non-hydrogen) atoms. The highest BCUT2D eigenvalue weighted by Gasteiger charge is 2.06. The summed E-state index contributed by atoms with van der Waals surface area (Å²) in [6.45, 7) is 6.96. The summed E-state index contributed by atoms with van der Waals surface area (Å²) in [6.07, 6.45) is 4.30. The third-order valence-electron chi connectivity index (χ3n) is 1.98. The number of carbonyl (C=O) groups excluding carboxylic acids is 1. The van der Waals surface area contributed by atoms with Crippen LogP contribution in [0.4, 0.5) is 5.69 Å². The quantitative estimate of drug-likeness (QED) is 0.717. The van der Waals surface area contributed by atoms with Crippen molar-refractivity contribution in [2.75, 3.05) is 18.4 Å². The highest BCUT2D eigenvalue weighted by atomic mass is 16.1. The van der Waals surface area contributed by atoms with Gasteiger partial charge in [-0.25, -0.2) is 0 Å². The molecule has 4 heteroatoms. The number of rotatable bonds is 6. The van der Waals surface area contributed by atoms with E-state index in [4.69, 9.17) is 0 Å². The van der Waals surface area contributed by atoms with Gasteiger partial charge in [0.05, 0.1) is 0 Å². The molecular weight excluding hydrogens is 202 g/mol. The van der Waals surface area contributed by atoms with Crippen molar-refractivity contribution < 1.29 is 4.79 Å². The summed E-state index contributed by atoms with van der Waals surface area (Å²) in [7, 11) is 0. The Morgan fingerprint density at radius 2 is 2.44 bits per heavy atom. The van der Waals surface area contributed by atoms with Crippen LogP contribution in [0.2, 0.25) is 0 Å².